The number of hydrogen-bond donors (Lipinski definition) is 3. The summed E-state index contributed by atoms with van der Waals surface area (Å²) < 4.78 is 2.11. The monoisotopic (exact) mass is 613 g/mol. The van der Waals surface area contributed by atoms with Crippen molar-refractivity contribution in [1.29, 1.82) is 0 Å². The lowest BCUT2D eigenvalue weighted by atomic mass is 9.71. The molecule has 0 saturated heterocycles. The lowest BCUT2D eigenvalue weighted by Crippen LogP contribution is -2.31. The smallest absolute Gasteiger partial charge is 0.223 e. The van der Waals surface area contributed by atoms with Gasteiger partial charge in [0.15, 0.2) is 0 Å². The molecule has 1 heterocycles. The van der Waals surface area contributed by atoms with Crippen molar-refractivity contribution < 1.29 is 20.1 Å². The number of carbonyl (C=O) groups excluding carboxylic acids is 1. The van der Waals surface area contributed by atoms with Crippen LogP contribution in [0.25, 0.3) is 11.1 Å². The van der Waals surface area contributed by atoms with Gasteiger partial charge < -0.3 is 20.2 Å². The summed E-state index contributed by atoms with van der Waals surface area (Å²) in [4.78, 5) is 14.9. The van der Waals surface area contributed by atoms with E-state index < -0.39 is 0 Å². The standard InChI is InChI=1S/C25H29BrINO4/c26-18-10-16-14-28(22(32)4-1-7-29)15-17-11-19(27)13-21-24(17)23(16)20(12-18)25(21,5-2-8-30)6-3-9-31/h10-13,29-31H,1-9,14-15H2. The molecule has 2 aliphatic rings. The number of rotatable bonds is 9. The zero-order valence-corrected chi connectivity index (χ0v) is 21.8. The molecule has 0 saturated carbocycles. The molecule has 1 aliphatic heterocycles. The summed E-state index contributed by atoms with van der Waals surface area (Å²) >= 11 is 6.07. The maximum absolute atomic E-state index is 13.0. The zero-order valence-electron chi connectivity index (χ0n) is 18.0. The topological polar surface area (TPSA) is 81.0 Å². The van der Waals surface area contributed by atoms with Crippen LogP contribution in [0.3, 0.4) is 0 Å². The first-order valence-corrected chi connectivity index (χ1v) is 13.1. The molecule has 1 aliphatic carbocycles. The Kier molecular flexibility index (Phi) is 7.61. The second kappa shape index (κ2) is 10.1. The van der Waals surface area contributed by atoms with Gasteiger partial charge >= 0.3 is 0 Å². The summed E-state index contributed by atoms with van der Waals surface area (Å²) in [7, 11) is 0. The second-order valence-corrected chi connectivity index (χ2v) is 10.9. The lowest BCUT2D eigenvalue weighted by Gasteiger charge is -2.33. The molecule has 1 amide bonds. The predicted octanol–water partition coefficient (Wildman–Crippen LogP) is 4.48. The maximum Gasteiger partial charge on any atom is 0.223 e. The van der Waals surface area contributed by atoms with Crippen LogP contribution in [0, 0.1) is 3.57 Å². The third-order valence-corrected chi connectivity index (χ3v) is 7.88. The maximum atomic E-state index is 13.0. The van der Waals surface area contributed by atoms with Gasteiger partial charge in [0.1, 0.15) is 0 Å². The van der Waals surface area contributed by atoms with Crippen molar-refractivity contribution in [3.05, 3.63) is 54.6 Å². The van der Waals surface area contributed by atoms with Gasteiger partial charge in [0.25, 0.3) is 0 Å². The minimum Gasteiger partial charge on any atom is -0.396 e. The fourth-order valence-corrected chi connectivity index (χ4v) is 6.72. The lowest BCUT2D eigenvalue weighted by molar-refractivity contribution is -0.132. The van der Waals surface area contributed by atoms with Gasteiger partial charge in [-0.05, 0) is 112 Å². The number of aliphatic hydroxyl groups excluding tert-OH is 3. The van der Waals surface area contributed by atoms with E-state index in [-0.39, 0.29) is 31.1 Å². The zero-order chi connectivity index (χ0) is 22.9. The molecule has 32 heavy (non-hydrogen) atoms. The van der Waals surface area contributed by atoms with Crippen LogP contribution in [0.15, 0.2) is 28.7 Å². The Balaban J connectivity index is 1.93. The Morgan fingerprint density at radius 3 is 2.06 bits per heavy atom. The van der Waals surface area contributed by atoms with E-state index in [4.69, 9.17) is 0 Å². The third kappa shape index (κ3) is 4.27. The number of amides is 1. The number of halogens is 2. The van der Waals surface area contributed by atoms with Gasteiger partial charge in [0.2, 0.25) is 5.91 Å². The Morgan fingerprint density at radius 1 is 0.906 bits per heavy atom. The van der Waals surface area contributed by atoms with Crippen LogP contribution < -0.4 is 0 Å². The van der Waals surface area contributed by atoms with E-state index in [1.807, 2.05) is 4.90 Å². The molecular weight excluding hydrogens is 585 g/mol. The van der Waals surface area contributed by atoms with Gasteiger partial charge in [-0.2, -0.15) is 0 Å². The summed E-state index contributed by atoms with van der Waals surface area (Å²) in [6.07, 6.45) is 3.84. The van der Waals surface area contributed by atoms with E-state index in [2.05, 4.69) is 62.8 Å². The Morgan fingerprint density at radius 2 is 1.47 bits per heavy atom. The van der Waals surface area contributed by atoms with Crippen molar-refractivity contribution >= 4 is 44.4 Å². The van der Waals surface area contributed by atoms with Crippen LogP contribution in [-0.2, 0) is 23.3 Å². The first-order valence-electron chi connectivity index (χ1n) is 11.2. The molecule has 4 rings (SSSR count). The summed E-state index contributed by atoms with van der Waals surface area (Å²) in [5.74, 6) is 0.0622. The van der Waals surface area contributed by atoms with Crippen molar-refractivity contribution in [2.24, 2.45) is 0 Å². The number of carbonyl (C=O) groups is 1. The van der Waals surface area contributed by atoms with Crippen LogP contribution in [-0.4, -0.2) is 45.9 Å². The van der Waals surface area contributed by atoms with E-state index in [0.717, 1.165) is 32.0 Å². The number of benzene rings is 2. The van der Waals surface area contributed by atoms with Crippen LogP contribution in [0.1, 0.15) is 60.8 Å². The van der Waals surface area contributed by atoms with Crippen LogP contribution in [0.2, 0.25) is 0 Å². The fraction of sp³-hybridized carbons (Fsp3) is 0.480. The molecule has 0 atom stereocenters. The van der Waals surface area contributed by atoms with Crippen LogP contribution in [0.4, 0.5) is 0 Å². The highest BCUT2D eigenvalue weighted by Gasteiger charge is 2.45. The quantitative estimate of drug-likeness (QED) is 0.364. The van der Waals surface area contributed by atoms with Crippen molar-refractivity contribution in [2.75, 3.05) is 19.8 Å². The van der Waals surface area contributed by atoms with Crippen molar-refractivity contribution in [2.45, 2.75) is 57.0 Å². The molecule has 0 fully saturated rings. The highest BCUT2D eigenvalue weighted by Crippen LogP contribution is 2.57. The summed E-state index contributed by atoms with van der Waals surface area (Å²) in [5, 5.41) is 28.6. The average Bonchev–Trinajstić information content (AvgIpc) is 2.92. The number of hydrogen-bond acceptors (Lipinski definition) is 4. The SMILES string of the molecule is O=C(CCCO)N1Cc2cc(Br)cc3c2-c2c(cc(I)cc2C3(CCCO)CCCO)C1. The van der Waals surface area contributed by atoms with Crippen molar-refractivity contribution in [1.82, 2.24) is 4.90 Å². The van der Waals surface area contributed by atoms with E-state index in [1.165, 1.54) is 22.3 Å². The molecule has 0 spiro atoms. The number of nitrogens with zero attached hydrogens (tertiary/aromatic N) is 1. The molecule has 0 aromatic heterocycles. The molecule has 7 heteroatoms. The van der Waals surface area contributed by atoms with Gasteiger partial charge in [0.05, 0.1) is 0 Å². The first-order chi connectivity index (χ1) is 15.4. The van der Waals surface area contributed by atoms with Crippen molar-refractivity contribution in [3.8, 4) is 11.1 Å². The van der Waals surface area contributed by atoms with Gasteiger partial charge in [-0.15, -0.1) is 0 Å². The Bertz CT molecular complexity index is 954. The van der Waals surface area contributed by atoms with Gasteiger partial charge in [-0.25, -0.2) is 0 Å². The molecule has 0 bridgehead atoms. The van der Waals surface area contributed by atoms with Gasteiger partial charge in [-0.1, -0.05) is 15.9 Å². The fourth-order valence-electron chi connectivity index (χ4n) is 5.52. The predicted molar refractivity (Wildman–Crippen MR) is 136 cm³/mol. The Hall–Kier alpha value is -1.000. The first kappa shape index (κ1) is 24.1. The van der Waals surface area contributed by atoms with Gasteiger partial charge in [0, 0.05) is 52.8 Å². The van der Waals surface area contributed by atoms with Crippen molar-refractivity contribution in [3.63, 3.8) is 0 Å². The highest BCUT2D eigenvalue weighted by atomic mass is 127. The minimum atomic E-state index is -0.256. The molecule has 0 radical (unpaired) electrons. The normalized spacial score (nSPS) is 15.6. The van der Waals surface area contributed by atoms with E-state index in [1.54, 1.807) is 0 Å². The largest absolute Gasteiger partial charge is 0.396 e. The molecule has 0 unspecified atom stereocenters. The minimum absolute atomic E-state index is 0.0166. The third-order valence-electron chi connectivity index (χ3n) is 6.80. The van der Waals surface area contributed by atoms with Crippen LogP contribution >= 0.6 is 38.5 Å². The molecule has 3 N–H and O–H groups in total. The second-order valence-electron chi connectivity index (χ2n) is 8.79. The van der Waals surface area contributed by atoms with E-state index >= 15 is 0 Å². The highest BCUT2D eigenvalue weighted by molar-refractivity contribution is 14.1. The molecule has 2 aromatic rings. The molecule has 5 nitrogen and oxygen atoms in total. The molecule has 172 valence electrons. The summed E-state index contributed by atoms with van der Waals surface area (Å²) in [6.45, 7) is 1.37. The average molecular weight is 614 g/mol. The van der Waals surface area contributed by atoms with E-state index in [0.29, 0.717) is 38.8 Å². The summed E-state index contributed by atoms with van der Waals surface area (Å²) in [6, 6.07) is 8.76. The molecular formula is C25H29BrINO4. The Labute approximate surface area is 211 Å². The summed E-state index contributed by atoms with van der Waals surface area (Å²) in [5.41, 5.74) is 6.99. The van der Waals surface area contributed by atoms with Crippen LogP contribution in [0.5, 0.6) is 0 Å². The molecule has 2 aromatic carbocycles. The van der Waals surface area contributed by atoms with E-state index in [9.17, 15) is 20.1 Å². The van der Waals surface area contributed by atoms with Gasteiger partial charge in [-0.3, -0.25) is 4.79 Å². The number of aliphatic hydroxyl groups is 3.